The van der Waals surface area contributed by atoms with Gasteiger partial charge >= 0.3 is 0 Å². The molecule has 0 amide bonds. The van der Waals surface area contributed by atoms with Crippen LogP contribution in [0.5, 0.6) is 0 Å². The molecular weight excluding hydrogens is 279 g/mol. The van der Waals surface area contributed by atoms with Crippen LogP contribution in [0.15, 0.2) is 28.9 Å². The van der Waals surface area contributed by atoms with E-state index in [0.29, 0.717) is 14.9 Å². The zero-order valence-electron chi connectivity index (χ0n) is 7.92. The van der Waals surface area contributed by atoms with E-state index < -0.39 is 0 Å². The lowest BCUT2D eigenvalue weighted by Gasteiger charge is -2.08. The summed E-state index contributed by atoms with van der Waals surface area (Å²) in [5, 5.41) is 0. The van der Waals surface area contributed by atoms with Crippen LogP contribution in [0.4, 0.5) is 4.39 Å². The Morgan fingerprint density at radius 1 is 1.47 bits per heavy atom. The van der Waals surface area contributed by atoms with Crippen molar-refractivity contribution in [3.63, 3.8) is 0 Å². The second-order valence-electron chi connectivity index (χ2n) is 3.14. The van der Waals surface area contributed by atoms with Crippen LogP contribution in [0.3, 0.4) is 0 Å². The lowest BCUT2D eigenvalue weighted by molar-refractivity contribution is 0.615. The van der Waals surface area contributed by atoms with Crippen LogP contribution < -0.4 is 0 Å². The molecular formula is C10H8BrFN2S. The summed E-state index contributed by atoms with van der Waals surface area (Å²) in [5.74, 6) is -0.303. The number of hydrogen-bond acceptors (Lipinski definition) is 1. The molecule has 2 aromatic rings. The summed E-state index contributed by atoms with van der Waals surface area (Å²) in [6, 6.07) is 4.84. The SMILES string of the molecule is Cc1c[nH]c(=S)n1-c1c(F)cccc1Br. The molecule has 0 atom stereocenters. The molecule has 15 heavy (non-hydrogen) atoms. The lowest BCUT2D eigenvalue weighted by atomic mass is 10.3. The zero-order chi connectivity index (χ0) is 11.0. The summed E-state index contributed by atoms with van der Waals surface area (Å²) >= 11 is 8.41. The molecule has 2 nitrogen and oxygen atoms in total. The number of imidazole rings is 1. The van der Waals surface area contributed by atoms with Crippen LogP contribution in [-0.2, 0) is 0 Å². The van der Waals surface area contributed by atoms with E-state index in [1.807, 2.05) is 6.92 Å². The number of aryl methyl sites for hydroxylation is 1. The number of halogens is 2. The molecule has 1 heterocycles. The Morgan fingerprint density at radius 2 is 2.20 bits per heavy atom. The molecule has 0 spiro atoms. The molecule has 78 valence electrons. The first-order valence-corrected chi connectivity index (χ1v) is 5.53. The van der Waals surface area contributed by atoms with Crippen molar-refractivity contribution >= 4 is 28.1 Å². The average Bonchev–Trinajstić information content (AvgIpc) is 2.49. The van der Waals surface area contributed by atoms with Crippen molar-refractivity contribution in [3.05, 3.63) is 45.2 Å². The average molecular weight is 287 g/mol. The quantitative estimate of drug-likeness (QED) is 0.792. The molecule has 0 saturated carbocycles. The van der Waals surface area contributed by atoms with Gasteiger partial charge in [0.15, 0.2) is 4.77 Å². The number of nitrogens with zero attached hydrogens (tertiary/aromatic N) is 1. The van der Waals surface area contributed by atoms with Crippen LogP contribution in [0.1, 0.15) is 5.69 Å². The van der Waals surface area contributed by atoms with Crippen molar-refractivity contribution in [2.45, 2.75) is 6.92 Å². The fraction of sp³-hybridized carbons (Fsp3) is 0.100. The summed E-state index contributed by atoms with van der Waals surface area (Å²) in [4.78, 5) is 2.88. The Balaban J connectivity index is 2.80. The Labute approximate surface area is 99.9 Å². The fourth-order valence-electron chi connectivity index (χ4n) is 1.44. The van der Waals surface area contributed by atoms with Gasteiger partial charge < -0.3 is 4.98 Å². The van der Waals surface area contributed by atoms with Crippen LogP contribution in [-0.4, -0.2) is 9.55 Å². The summed E-state index contributed by atoms with van der Waals surface area (Å²) < 4.78 is 16.5. The second kappa shape index (κ2) is 3.90. The van der Waals surface area contributed by atoms with E-state index in [4.69, 9.17) is 12.2 Å². The number of aromatic amines is 1. The highest BCUT2D eigenvalue weighted by atomic mass is 79.9. The Kier molecular flexibility index (Phi) is 2.75. The maximum Gasteiger partial charge on any atom is 0.182 e. The number of aromatic nitrogens is 2. The van der Waals surface area contributed by atoms with Gasteiger partial charge in [-0.3, -0.25) is 4.57 Å². The van der Waals surface area contributed by atoms with Gasteiger partial charge in [0.2, 0.25) is 0 Å². The molecule has 0 saturated heterocycles. The van der Waals surface area contributed by atoms with Gasteiger partial charge in [-0.1, -0.05) is 6.07 Å². The van der Waals surface area contributed by atoms with Gasteiger partial charge in [-0.25, -0.2) is 4.39 Å². The van der Waals surface area contributed by atoms with E-state index in [0.717, 1.165) is 5.69 Å². The van der Waals surface area contributed by atoms with E-state index >= 15 is 0 Å². The first kappa shape index (κ1) is 10.6. The van der Waals surface area contributed by atoms with Crippen molar-refractivity contribution in [1.29, 1.82) is 0 Å². The number of nitrogens with one attached hydrogen (secondary N) is 1. The maximum atomic E-state index is 13.7. The monoisotopic (exact) mass is 286 g/mol. The minimum absolute atomic E-state index is 0.303. The van der Waals surface area contributed by atoms with Crippen LogP contribution in [0.25, 0.3) is 5.69 Å². The van der Waals surface area contributed by atoms with E-state index in [-0.39, 0.29) is 5.82 Å². The third kappa shape index (κ3) is 1.77. The third-order valence-corrected chi connectivity index (χ3v) is 3.06. The summed E-state index contributed by atoms with van der Waals surface area (Å²) in [5.41, 5.74) is 1.31. The van der Waals surface area contributed by atoms with Crippen molar-refractivity contribution in [2.75, 3.05) is 0 Å². The number of hydrogen-bond donors (Lipinski definition) is 1. The molecule has 0 fully saturated rings. The smallest absolute Gasteiger partial charge is 0.182 e. The largest absolute Gasteiger partial charge is 0.337 e. The van der Waals surface area contributed by atoms with Crippen LogP contribution in [0.2, 0.25) is 0 Å². The molecule has 0 bridgehead atoms. The van der Waals surface area contributed by atoms with Crippen molar-refractivity contribution in [1.82, 2.24) is 9.55 Å². The van der Waals surface area contributed by atoms with E-state index in [2.05, 4.69) is 20.9 Å². The van der Waals surface area contributed by atoms with Gasteiger partial charge in [0.1, 0.15) is 5.82 Å². The molecule has 1 aromatic carbocycles. The molecule has 1 N–H and O–H groups in total. The second-order valence-corrected chi connectivity index (χ2v) is 4.38. The zero-order valence-corrected chi connectivity index (χ0v) is 10.3. The number of para-hydroxylation sites is 1. The predicted octanol–water partition coefficient (Wildman–Crippen LogP) is 3.74. The summed E-state index contributed by atoms with van der Waals surface area (Å²) in [6.45, 7) is 1.87. The first-order valence-electron chi connectivity index (χ1n) is 4.32. The van der Waals surface area contributed by atoms with E-state index in [1.54, 1.807) is 22.9 Å². The van der Waals surface area contributed by atoms with Gasteiger partial charge in [-0.15, -0.1) is 0 Å². The fourth-order valence-corrected chi connectivity index (χ4v) is 2.25. The Bertz CT molecular complexity index is 539. The van der Waals surface area contributed by atoms with Crippen molar-refractivity contribution < 1.29 is 4.39 Å². The molecule has 5 heteroatoms. The molecule has 0 radical (unpaired) electrons. The van der Waals surface area contributed by atoms with E-state index in [1.165, 1.54) is 6.07 Å². The molecule has 0 aliphatic heterocycles. The maximum absolute atomic E-state index is 13.7. The summed E-state index contributed by atoms with van der Waals surface area (Å²) in [7, 11) is 0. The number of benzene rings is 1. The van der Waals surface area contributed by atoms with Crippen LogP contribution in [0, 0.1) is 17.5 Å². The molecule has 2 rings (SSSR count). The van der Waals surface area contributed by atoms with E-state index in [9.17, 15) is 4.39 Å². The standard InChI is InChI=1S/C10H8BrFN2S/c1-6-5-13-10(15)14(6)9-7(11)3-2-4-8(9)12/h2-5H,1H3,(H,13,15). The predicted molar refractivity (Wildman–Crippen MR) is 63.3 cm³/mol. The first-order chi connectivity index (χ1) is 7.11. The van der Waals surface area contributed by atoms with Gasteiger partial charge in [0.05, 0.1) is 5.69 Å². The van der Waals surface area contributed by atoms with Crippen molar-refractivity contribution in [2.24, 2.45) is 0 Å². The minimum Gasteiger partial charge on any atom is -0.337 e. The lowest BCUT2D eigenvalue weighted by Crippen LogP contribution is -2.00. The highest BCUT2D eigenvalue weighted by molar-refractivity contribution is 9.10. The van der Waals surface area contributed by atoms with Gasteiger partial charge in [0.25, 0.3) is 0 Å². The van der Waals surface area contributed by atoms with Gasteiger partial charge in [-0.2, -0.15) is 0 Å². The molecule has 1 aromatic heterocycles. The van der Waals surface area contributed by atoms with Gasteiger partial charge in [0, 0.05) is 16.4 Å². The highest BCUT2D eigenvalue weighted by Crippen LogP contribution is 2.25. The highest BCUT2D eigenvalue weighted by Gasteiger charge is 2.11. The third-order valence-electron chi connectivity index (χ3n) is 2.12. The van der Waals surface area contributed by atoms with Crippen molar-refractivity contribution in [3.8, 4) is 5.69 Å². The molecule has 0 unspecified atom stereocenters. The Hall–Kier alpha value is -0.940. The Morgan fingerprint density at radius 3 is 2.73 bits per heavy atom. The molecule has 0 aliphatic carbocycles. The topological polar surface area (TPSA) is 20.7 Å². The van der Waals surface area contributed by atoms with Crippen LogP contribution >= 0.6 is 28.1 Å². The minimum atomic E-state index is -0.303. The summed E-state index contributed by atoms with van der Waals surface area (Å²) in [6.07, 6.45) is 1.75. The molecule has 0 aliphatic rings. The number of H-pyrrole nitrogens is 1. The van der Waals surface area contributed by atoms with Gasteiger partial charge in [-0.05, 0) is 47.2 Å². The normalized spacial score (nSPS) is 10.6. The number of rotatable bonds is 1.